The molecule has 3 heterocycles. The van der Waals surface area contributed by atoms with Crippen LogP contribution in [-0.2, 0) is 0 Å². The van der Waals surface area contributed by atoms with E-state index in [2.05, 4.69) is 27.2 Å². The first kappa shape index (κ1) is 19.8. The van der Waals surface area contributed by atoms with Crippen molar-refractivity contribution < 1.29 is 4.79 Å². The van der Waals surface area contributed by atoms with E-state index in [1.807, 2.05) is 46.6 Å². The molecule has 1 aliphatic heterocycles. The number of hydrogen-bond acceptors (Lipinski definition) is 5. The molecule has 4 rings (SSSR count). The molecule has 0 spiro atoms. The fourth-order valence-corrected chi connectivity index (χ4v) is 4.38. The van der Waals surface area contributed by atoms with Crippen molar-refractivity contribution >= 4 is 17.2 Å². The number of aromatic nitrogens is 3. The third kappa shape index (κ3) is 4.92. The Morgan fingerprint density at radius 2 is 2.03 bits per heavy atom. The van der Waals surface area contributed by atoms with Gasteiger partial charge in [0.25, 0.3) is 5.91 Å². The fraction of sp³-hybridized carbons (Fsp3) is 0.409. The Kier molecular flexibility index (Phi) is 6.36. The van der Waals surface area contributed by atoms with Crippen LogP contribution >= 0.6 is 11.3 Å². The molecule has 1 aliphatic rings. The van der Waals surface area contributed by atoms with Gasteiger partial charge in [-0.2, -0.15) is 5.10 Å². The number of unbranched alkanes of at least 4 members (excludes halogenated alkanes) is 1. The number of nitrogens with one attached hydrogen (secondary N) is 1. The molecule has 6 nitrogen and oxygen atoms in total. The lowest BCUT2D eigenvalue weighted by atomic mass is 10.0. The molecule has 0 atom stereocenters. The van der Waals surface area contributed by atoms with Crippen LogP contribution < -0.4 is 5.32 Å². The number of rotatable bonds is 7. The van der Waals surface area contributed by atoms with Crippen LogP contribution in [0.2, 0.25) is 0 Å². The Morgan fingerprint density at radius 3 is 2.79 bits per heavy atom. The average Bonchev–Trinajstić information content (AvgIpc) is 3.44. The molecule has 0 saturated carbocycles. The van der Waals surface area contributed by atoms with Gasteiger partial charge in [0.1, 0.15) is 10.7 Å². The minimum atomic E-state index is -0.0741. The number of carbonyl (C=O) groups excluding carboxylic acids is 1. The molecule has 0 unspecified atom stereocenters. The van der Waals surface area contributed by atoms with Crippen LogP contribution in [0.3, 0.4) is 0 Å². The summed E-state index contributed by atoms with van der Waals surface area (Å²) in [5.41, 5.74) is 2.41. The average molecular weight is 410 g/mol. The zero-order chi connectivity index (χ0) is 20.1. The standard InChI is InChI=1S/C22H27N5OS/c1-2-3-11-26-12-9-18(10-13-26)24-21(28)20-16-29-22(25-20)17-14-23-27(15-17)19-7-5-4-6-8-19/h4-8,14-16,18H,2-3,9-13H2,1H3,(H,24,28). The monoisotopic (exact) mass is 409 g/mol. The largest absolute Gasteiger partial charge is 0.348 e. The number of piperidine rings is 1. The van der Waals surface area contributed by atoms with E-state index < -0.39 is 0 Å². The minimum absolute atomic E-state index is 0.0741. The lowest BCUT2D eigenvalue weighted by molar-refractivity contribution is 0.0906. The van der Waals surface area contributed by atoms with Gasteiger partial charge >= 0.3 is 0 Å². The SMILES string of the molecule is CCCCN1CCC(NC(=O)c2csc(-c3cnn(-c4ccccc4)c3)n2)CC1. The van der Waals surface area contributed by atoms with Crippen LogP contribution in [0, 0.1) is 0 Å². The van der Waals surface area contributed by atoms with Gasteiger partial charge in [0, 0.05) is 36.3 Å². The van der Waals surface area contributed by atoms with E-state index >= 15 is 0 Å². The molecule has 1 N–H and O–H groups in total. The van der Waals surface area contributed by atoms with Crippen molar-refractivity contribution in [3.8, 4) is 16.3 Å². The summed E-state index contributed by atoms with van der Waals surface area (Å²) in [7, 11) is 0. The Labute approximate surface area is 175 Å². The highest BCUT2D eigenvalue weighted by molar-refractivity contribution is 7.13. The van der Waals surface area contributed by atoms with Gasteiger partial charge < -0.3 is 10.2 Å². The molecule has 0 bridgehead atoms. The third-order valence-corrected chi connectivity index (χ3v) is 6.23. The topological polar surface area (TPSA) is 63.1 Å². The van der Waals surface area contributed by atoms with Crippen molar-refractivity contribution in [1.29, 1.82) is 0 Å². The van der Waals surface area contributed by atoms with E-state index in [1.165, 1.54) is 30.7 Å². The first-order valence-corrected chi connectivity index (χ1v) is 11.2. The lowest BCUT2D eigenvalue weighted by Gasteiger charge is -2.32. The van der Waals surface area contributed by atoms with Gasteiger partial charge in [-0.15, -0.1) is 11.3 Å². The summed E-state index contributed by atoms with van der Waals surface area (Å²) < 4.78 is 1.82. The summed E-state index contributed by atoms with van der Waals surface area (Å²) in [6, 6.07) is 10.2. The van der Waals surface area contributed by atoms with Gasteiger partial charge in [0.2, 0.25) is 0 Å². The van der Waals surface area contributed by atoms with Crippen molar-refractivity contribution in [1.82, 2.24) is 25.0 Å². The second-order valence-electron chi connectivity index (χ2n) is 7.49. The van der Waals surface area contributed by atoms with Crippen LogP contribution in [0.1, 0.15) is 43.1 Å². The second kappa shape index (κ2) is 9.33. The Hall–Kier alpha value is -2.51. The molecular formula is C22H27N5OS. The molecule has 1 aromatic carbocycles. The maximum Gasteiger partial charge on any atom is 0.270 e. The molecule has 0 aliphatic carbocycles. The third-order valence-electron chi connectivity index (χ3n) is 5.34. The normalized spacial score (nSPS) is 15.5. The van der Waals surface area contributed by atoms with Gasteiger partial charge in [0.15, 0.2) is 0 Å². The second-order valence-corrected chi connectivity index (χ2v) is 8.35. The summed E-state index contributed by atoms with van der Waals surface area (Å²) in [5, 5.41) is 10.2. The van der Waals surface area contributed by atoms with E-state index in [0.29, 0.717) is 5.69 Å². The highest BCUT2D eigenvalue weighted by Crippen LogP contribution is 2.24. The van der Waals surface area contributed by atoms with Gasteiger partial charge in [-0.3, -0.25) is 4.79 Å². The van der Waals surface area contributed by atoms with Crippen molar-refractivity contribution in [2.75, 3.05) is 19.6 Å². The molecule has 1 saturated heterocycles. The van der Waals surface area contributed by atoms with E-state index in [1.54, 1.807) is 6.20 Å². The summed E-state index contributed by atoms with van der Waals surface area (Å²) in [5.74, 6) is -0.0741. The molecule has 29 heavy (non-hydrogen) atoms. The zero-order valence-electron chi connectivity index (χ0n) is 16.8. The van der Waals surface area contributed by atoms with E-state index in [-0.39, 0.29) is 11.9 Å². The lowest BCUT2D eigenvalue weighted by Crippen LogP contribution is -2.44. The molecule has 2 aromatic heterocycles. The van der Waals surface area contributed by atoms with Gasteiger partial charge in [-0.05, 0) is 37.9 Å². The van der Waals surface area contributed by atoms with E-state index in [9.17, 15) is 4.79 Å². The number of benzene rings is 1. The number of amides is 1. The van der Waals surface area contributed by atoms with Crippen LogP contribution in [0.25, 0.3) is 16.3 Å². The number of nitrogens with zero attached hydrogens (tertiary/aromatic N) is 4. The van der Waals surface area contributed by atoms with Crippen molar-refractivity contribution in [3.63, 3.8) is 0 Å². The summed E-state index contributed by atoms with van der Waals surface area (Å²) in [6.07, 6.45) is 8.24. The summed E-state index contributed by atoms with van der Waals surface area (Å²) in [6.45, 7) is 5.52. The zero-order valence-corrected chi connectivity index (χ0v) is 17.6. The van der Waals surface area contributed by atoms with Crippen LogP contribution in [0.4, 0.5) is 0 Å². The molecule has 1 amide bonds. The van der Waals surface area contributed by atoms with Crippen molar-refractivity contribution in [2.45, 2.75) is 38.6 Å². The minimum Gasteiger partial charge on any atom is -0.348 e. The molecule has 3 aromatic rings. The van der Waals surface area contributed by atoms with Gasteiger partial charge in [0.05, 0.1) is 11.9 Å². The Balaban J connectivity index is 1.35. The van der Waals surface area contributed by atoms with E-state index in [4.69, 9.17) is 0 Å². The van der Waals surface area contributed by atoms with Gasteiger partial charge in [-0.1, -0.05) is 31.5 Å². The van der Waals surface area contributed by atoms with E-state index in [0.717, 1.165) is 42.2 Å². The fourth-order valence-electron chi connectivity index (χ4n) is 3.61. The molecule has 152 valence electrons. The number of thiazole rings is 1. The quantitative estimate of drug-likeness (QED) is 0.641. The summed E-state index contributed by atoms with van der Waals surface area (Å²) >= 11 is 1.48. The summed E-state index contributed by atoms with van der Waals surface area (Å²) in [4.78, 5) is 19.7. The van der Waals surface area contributed by atoms with Gasteiger partial charge in [-0.25, -0.2) is 9.67 Å². The predicted molar refractivity (Wildman–Crippen MR) is 117 cm³/mol. The molecular weight excluding hydrogens is 382 g/mol. The maximum atomic E-state index is 12.6. The highest BCUT2D eigenvalue weighted by atomic mass is 32.1. The maximum absolute atomic E-state index is 12.6. The predicted octanol–water partition coefficient (Wildman–Crippen LogP) is 3.99. The number of likely N-dealkylation sites (tertiary alicyclic amines) is 1. The van der Waals surface area contributed by atoms with Crippen LogP contribution in [0.5, 0.6) is 0 Å². The Morgan fingerprint density at radius 1 is 1.24 bits per heavy atom. The molecule has 0 radical (unpaired) electrons. The van der Waals surface area contributed by atoms with Crippen LogP contribution in [0.15, 0.2) is 48.1 Å². The van der Waals surface area contributed by atoms with Crippen molar-refractivity contribution in [3.05, 3.63) is 53.8 Å². The number of para-hydroxylation sites is 1. The molecule has 7 heteroatoms. The van der Waals surface area contributed by atoms with Crippen LogP contribution in [-0.4, -0.2) is 51.2 Å². The smallest absolute Gasteiger partial charge is 0.270 e. The first-order valence-electron chi connectivity index (χ1n) is 10.3. The first-order chi connectivity index (χ1) is 14.2. The molecule has 1 fully saturated rings. The number of carbonyl (C=O) groups is 1. The Bertz CT molecular complexity index is 928. The van der Waals surface area contributed by atoms with Crippen molar-refractivity contribution in [2.24, 2.45) is 0 Å². The highest BCUT2D eigenvalue weighted by Gasteiger charge is 2.22. The number of hydrogen-bond donors (Lipinski definition) is 1.